The summed E-state index contributed by atoms with van der Waals surface area (Å²) in [6.45, 7) is 2.12. The minimum absolute atomic E-state index is 0.351. The number of hydrogen-bond acceptors (Lipinski definition) is 3. The molecule has 0 fully saturated rings. The highest BCUT2D eigenvalue weighted by Gasteiger charge is 2.03. The molecule has 0 aliphatic carbocycles. The van der Waals surface area contributed by atoms with Crippen LogP contribution in [0.3, 0.4) is 0 Å². The van der Waals surface area contributed by atoms with Crippen LogP contribution in [0.2, 0.25) is 5.02 Å². The van der Waals surface area contributed by atoms with Gasteiger partial charge >= 0.3 is 5.97 Å². The van der Waals surface area contributed by atoms with E-state index in [0.29, 0.717) is 23.1 Å². The van der Waals surface area contributed by atoms with E-state index < -0.39 is 0 Å². The van der Waals surface area contributed by atoms with Gasteiger partial charge in [0.1, 0.15) is 11.5 Å². The van der Waals surface area contributed by atoms with Gasteiger partial charge in [-0.25, -0.2) is 4.79 Å². The maximum Gasteiger partial charge on any atom is 0.330 e. The molecule has 0 aliphatic rings. The van der Waals surface area contributed by atoms with Gasteiger partial charge in [0.15, 0.2) is 0 Å². The van der Waals surface area contributed by atoms with Crippen LogP contribution in [0, 0.1) is 0 Å². The lowest BCUT2D eigenvalue weighted by molar-refractivity contribution is -0.137. The molecule has 0 radical (unpaired) electrons. The number of ether oxygens (including phenoxy) is 2. The zero-order valence-electron chi connectivity index (χ0n) is 11.6. The summed E-state index contributed by atoms with van der Waals surface area (Å²) in [5.41, 5.74) is 0.783. The second kappa shape index (κ2) is 7.50. The quantitative estimate of drug-likeness (QED) is 0.593. The van der Waals surface area contributed by atoms with Gasteiger partial charge in [-0.3, -0.25) is 0 Å². The Kier molecular flexibility index (Phi) is 5.41. The fourth-order valence-electron chi connectivity index (χ4n) is 1.72. The highest BCUT2D eigenvalue weighted by atomic mass is 35.5. The van der Waals surface area contributed by atoms with E-state index >= 15 is 0 Å². The second-order valence-corrected chi connectivity index (χ2v) is 4.62. The van der Waals surface area contributed by atoms with E-state index in [1.807, 2.05) is 36.4 Å². The van der Waals surface area contributed by atoms with Crippen molar-refractivity contribution < 1.29 is 14.3 Å². The predicted octanol–water partition coefficient (Wildman–Crippen LogP) is 4.71. The normalized spacial score (nSPS) is 10.6. The molecule has 0 unspecified atom stereocenters. The Morgan fingerprint density at radius 3 is 2.76 bits per heavy atom. The molecule has 0 N–H and O–H groups in total. The molecule has 0 aromatic heterocycles. The topological polar surface area (TPSA) is 35.5 Å². The van der Waals surface area contributed by atoms with E-state index in [0.717, 1.165) is 5.56 Å². The Morgan fingerprint density at radius 2 is 2.00 bits per heavy atom. The number of para-hydroxylation sites is 1. The van der Waals surface area contributed by atoms with Gasteiger partial charge in [0.25, 0.3) is 0 Å². The van der Waals surface area contributed by atoms with Crippen molar-refractivity contribution in [2.24, 2.45) is 0 Å². The number of benzene rings is 2. The molecule has 21 heavy (non-hydrogen) atoms. The third kappa shape index (κ3) is 4.65. The molecule has 2 aromatic rings. The Hall–Kier alpha value is -2.26. The molecular formula is C17H15ClO3. The first-order valence-electron chi connectivity index (χ1n) is 6.56. The van der Waals surface area contributed by atoms with E-state index in [9.17, 15) is 4.79 Å². The monoisotopic (exact) mass is 302 g/mol. The van der Waals surface area contributed by atoms with E-state index in [1.165, 1.54) is 6.08 Å². The summed E-state index contributed by atoms with van der Waals surface area (Å²) >= 11 is 5.93. The third-order valence-electron chi connectivity index (χ3n) is 2.63. The molecule has 0 bridgehead atoms. The molecule has 0 atom stereocenters. The maximum absolute atomic E-state index is 11.4. The molecule has 0 saturated carbocycles. The van der Waals surface area contributed by atoms with Crippen LogP contribution >= 0.6 is 11.6 Å². The lowest BCUT2D eigenvalue weighted by Gasteiger charge is -2.08. The predicted molar refractivity (Wildman–Crippen MR) is 83.6 cm³/mol. The lowest BCUT2D eigenvalue weighted by atomic mass is 10.2. The Balaban J connectivity index is 2.19. The van der Waals surface area contributed by atoms with Crippen molar-refractivity contribution in [3.05, 3.63) is 65.2 Å². The molecule has 2 aromatic carbocycles. The summed E-state index contributed by atoms with van der Waals surface area (Å²) in [5, 5.41) is 0.604. The molecule has 2 rings (SSSR count). The summed E-state index contributed by atoms with van der Waals surface area (Å²) in [6, 6.07) is 14.6. The third-order valence-corrected chi connectivity index (χ3v) is 2.86. The van der Waals surface area contributed by atoms with Crippen molar-refractivity contribution >= 4 is 23.6 Å². The summed E-state index contributed by atoms with van der Waals surface area (Å²) in [6.07, 6.45) is 3.04. The molecule has 108 valence electrons. The van der Waals surface area contributed by atoms with Crippen molar-refractivity contribution in [3.8, 4) is 11.5 Å². The van der Waals surface area contributed by atoms with Crippen LogP contribution in [0.25, 0.3) is 6.08 Å². The van der Waals surface area contributed by atoms with Crippen LogP contribution < -0.4 is 4.74 Å². The zero-order chi connectivity index (χ0) is 15.1. The van der Waals surface area contributed by atoms with Crippen LogP contribution in [0.15, 0.2) is 54.6 Å². The number of hydrogen-bond donors (Lipinski definition) is 0. The summed E-state index contributed by atoms with van der Waals surface area (Å²) in [4.78, 5) is 11.4. The van der Waals surface area contributed by atoms with Crippen LogP contribution in [-0.4, -0.2) is 12.6 Å². The average Bonchev–Trinajstić information content (AvgIpc) is 2.47. The fourth-order valence-corrected chi connectivity index (χ4v) is 1.90. The van der Waals surface area contributed by atoms with E-state index in [-0.39, 0.29) is 5.97 Å². The van der Waals surface area contributed by atoms with Gasteiger partial charge in [0.2, 0.25) is 0 Å². The Labute approximate surface area is 128 Å². The maximum atomic E-state index is 11.4. The number of esters is 1. The van der Waals surface area contributed by atoms with E-state index in [4.69, 9.17) is 21.1 Å². The van der Waals surface area contributed by atoms with Crippen LogP contribution in [0.5, 0.6) is 11.5 Å². The molecule has 0 spiro atoms. The summed E-state index contributed by atoms with van der Waals surface area (Å²) in [7, 11) is 0. The number of carbonyl (C=O) groups is 1. The average molecular weight is 303 g/mol. The van der Waals surface area contributed by atoms with Gasteiger partial charge in [-0.1, -0.05) is 35.9 Å². The number of carbonyl (C=O) groups excluding carboxylic acids is 1. The molecule has 4 heteroatoms. The standard InChI is InChI=1S/C17H15ClO3/c1-2-20-17(19)11-10-13-6-3-4-9-16(13)21-15-8-5-7-14(18)12-15/h3-12H,2H2,1H3/b11-10+. The molecule has 3 nitrogen and oxygen atoms in total. The lowest BCUT2D eigenvalue weighted by Crippen LogP contribution is -1.98. The first-order chi connectivity index (χ1) is 10.2. The SMILES string of the molecule is CCOC(=O)/C=C/c1ccccc1Oc1cccc(Cl)c1. The Morgan fingerprint density at radius 1 is 1.19 bits per heavy atom. The van der Waals surface area contributed by atoms with Crippen molar-refractivity contribution in [2.75, 3.05) is 6.61 Å². The molecular weight excluding hydrogens is 288 g/mol. The Bertz CT molecular complexity index is 650. The summed E-state index contributed by atoms with van der Waals surface area (Å²) < 4.78 is 10.6. The van der Waals surface area contributed by atoms with Crippen molar-refractivity contribution in [1.29, 1.82) is 0 Å². The molecule has 0 amide bonds. The first-order valence-corrected chi connectivity index (χ1v) is 6.94. The van der Waals surface area contributed by atoms with Gasteiger partial charge in [-0.2, -0.15) is 0 Å². The molecule has 0 heterocycles. The minimum atomic E-state index is -0.380. The van der Waals surface area contributed by atoms with Gasteiger partial charge in [-0.05, 0) is 37.3 Å². The van der Waals surface area contributed by atoms with Crippen LogP contribution in [0.4, 0.5) is 0 Å². The highest BCUT2D eigenvalue weighted by molar-refractivity contribution is 6.30. The van der Waals surface area contributed by atoms with Gasteiger partial charge in [0.05, 0.1) is 6.61 Å². The fraction of sp³-hybridized carbons (Fsp3) is 0.118. The van der Waals surface area contributed by atoms with Crippen LogP contribution in [0.1, 0.15) is 12.5 Å². The number of halogens is 1. The van der Waals surface area contributed by atoms with Crippen molar-refractivity contribution in [3.63, 3.8) is 0 Å². The molecule has 0 saturated heterocycles. The van der Waals surface area contributed by atoms with Gasteiger partial charge in [-0.15, -0.1) is 0 Å². The van der Waals surface area contributed by atoms with Crippen LogP contribution in [-0.2, 0) is 9.53 Å². The van der Waals surface area contributed by atoms with Crippen molar-refractivity contribution in [2.45, 2.75) is 6.92 Å². The van der Waals surface area contributed by atoms with Crippen molar-refractivity contribution in [1.82, 2.24) is 0 Å². The van der Waals surface area contributed by atoms with Gasteiger partial charge < -0.3 is 9.47 Å². The van der Waals surface area contributed by atoms with E-state index in [2.05, 4.69) is 0 Å². The van der Waals surface area contributed by atoms with E-state index in [1.54, 1.807) is 25.1 Å². The smallest absolute Gasteiger partial charge is 0.330 e. The second-order valence-electron chi connectivity index (χ2n) is 4.18. The highest BCUT2D eigenvalue weighted by Crippen LogP contribution is 2.27. The largest absolute Gasteiger partial charge is 0.463 e. The molecule has 0 aliphatic heterocycles. The number of rotatable bonds is 5. The zero-order valence-corrected chi connectivity index (χ0v) is 12.3. The minimum Gasteiger partial charge on any atom is -0.463 e. The van der Waals surface area contributed by atoms with Gasteiger partial charge in [0, 0.05) is 16.7 Å². The summed E-state index contributed by atoms with van der Waals surface area (Å²) in [5.74, 6) is 0.898. The first kappa shape index (κ1) is 15.1.